The van der Waals surface area contributed by atoms with Crippen LogP contribution in [0.4, 0.5) is 14.9 Å². The number of amides is 3. The molecule has 3 rings (SSSR count). The molecule has 1 N–H and O–H groups in total. The van der Waals surface area contributed by atoms with Gasteiger partial charge in [-0.3, -0.25) is 4.79 Å². The third-order valence-electron chi connectivity index (χ3n) is 4.16. The van der Waals surface area contributed by atoms with E-state index in [4.69, 9.17) is 0 Å². The van der Waals surface area contributed by atoms with E-state index in [-0.39, 0.29) is 11.8 Å². The van der Waals surface area contributed by atoms with Crippen molar-refractivity contribution in [1.29, 1.82) is 0 Å². The highest BCUT2D eigenvalue weighted by atomic mass is 19.1. The summed E-state index contributed by atoms with van der Waals surface area (Å²) in [6, 6.07) is 4.67. The van der Waals surface area contributed by atoms with Gasteiger partial charge in [-0.15, -0.1) is 0 Å². The highest BCUT2D eigenvalue weighted by Crippen LogP contribution is 2.31. The molecule has 5 heteroatoms. The van der Waals surface area contributed by atoms with Crippen molar-refractivity contribution in [1.82, 2.24) is 5.32 Å². The number of rotatable bonds is 2. The molecule has 1 unspecified atom stereocenters. The molecule has 0 radical (unpaired) electrons. The van der Waals surface area contributed by atoms with Gasteiger partial charge in [0, 0.05) is 0 Å². The number of nitrogens with zero attached hydrogens (tertiary/aromatic N) is 1. The molecule has 106 valence electrons. The Morgan fingerprint density at radius 2 is 1.90 bits per heavy atom. The lowest BCUT2D eigenvalue weighted by atomic mass is 9.84. The van der Waals surface area contributed by atoms with Crippen LogP contribution >= 0.6 is 0 Å². The summed E-state index contributed by atoms with van der Waals surface area (Å²) in [5, 5.41) is 2.76. The zero-order chi connectivity index (χ0) is 14.1. The first-order valence-electron chi connectivity index (χ1n) is 7.07. The van der Waals surface area contributed by atoms with Gasteiger partial charge < -0.3 is 5.32 Å². The Morgan fingerprint density at radius 3 is 2.60 bits per heavy atom. The molecule has 2 aliphatic rings. The van der Waals surface area contributed by atoms with Gasteiger partial charge in [0.15, 0.2) is 0 Å². The summed E-state index contributed by atoms with van der Waals surface area (Å²) in [5.74, 6) is -0.504. The van der Waals surface area contributed by atoms with Gasteiger partial charge in [-0.05, 0) is 37.0 Å². The van der Waals surface area contributed by atoms with Crippen LogP contribution in [0.3, 0.4) is 0 Å². The molecule has 1 saturated heterocycles. The number of imide groups is 1. The van der Waals surface area contributed by atoms with E-state index in [0.29, 0.717) is 5.69 Å². The van der Waals surface area contributed by atoms with Crippen molar-refractivity contribution < 1.29 is 14.0 Å². The molecule has 1 aromatic carbocycles. The van der Waals surface area contributed by atoms with Gasteiger partial charge in [0.25, 0.3) is 5.91 Å². The third kappa shape index (κ3) is 2.28. The van der Waals surface area contributed by atoms with Crippen LogP contribution < -0.4 is 10.2 Å². The molecule has 0 bridgehead atoms. The molecule has 0 aromatic heterocycles. The second-order valence-corrected chi connectivity index (χ2v) is 5.48. The van der Waals surface area contributed by atoms with E-state index in [1.807, 2.05) is 0 Å². The van der Waals surface area contributed by atoms with Crippen molar-refractivity contribution in [3.05, 3.63) is 30.1 Å². The Bertz CT molecular complexity index is 540. The lowest BCUT2D eigenvalue weighted by Gasteiger charge is -2.25. The number of anilines is 1. The molecule has 1 saturated carbocycles. The van der Waals surface area contributed by atoms with Crippen molar-refractivity contribution in [2.24, 2.45) is 5.92 Å². The Labute approximate surface area is 117 Å². The van der Waals surface area contributed by atoms with Crippen LogP contribution in [0.5, 0.6) is 0 Å². The first kappa shape index (κ1) is 13.1. The molecule has 20 heavy (non-hydrogen) atoms. The van der Waals surface area contributed by atoms with Crippen LogP contribution in [-0.2, 0) is 4.79 Å². The molecule has 4 nitrogen and oxygen atoms in total. The normalized spacial score (nSPS) is 24.1. The van der Waals surface area contributed by atoms with Crippen molar-refractivity contribution >= 4 is 17.6 Å². The SMILES string of the molecule is O=C1NC(C2CCCCC2)C(=O)N1c1cccc(F)c1. The fourth-order valence-corrected chi connectivity index (χ4v) is 3.15. The number of benzene rings is 1. The predicted octanol–water partition coefficient (Wildman–Crippen LogP) is 2.83. The summed E-state index contributed by atoms with van der Waals surface area (Å²) in [4.78, 5) is 25.5. The summed E-state index contributed by atoms with van der Waals surface area (Å²) in [7, 11) is 0. The van der Waals surface area contributed by atoms with Crippen molar-refractivity contribution in [3.63, 3.8) is 0 Å². The zero-order valence-corrected chi connectivity index (χ0v) is 11.1. The monoisotopic (exact) mass is 276 g/mol. The van der Waals surface area contributed by atoms with Crippen LogP contribution in [0.2, 0.25) is 0 Å². The summed E-state index contributed by atoms with van der Waals surface area (Å²) in [6.07, 6.45) is 5.33. The lowest BCUT2D eigenvalue weighted by Crippen LogP contribution is -2.38. The van der Waals surface area contributed by atoms with Gasteiger partial charge in [-0.1, -0.05) is 25.3 Å². The van der Waals surface area contributed by atoms with E-state index in [1.54, 1.807) is 6.07 Å². The smallest absolute Gasteiger partial charge is 0.325 e. The summed E-state index contributed by atoms with van der Waals surface area (Å²) >= 11 is 0. The molecule has 2 fully saturated rings. The first-order valence-corrected chi connectivity index (χ1v) is 7.07. The number of carbonyl (C=O) groups excluding carboxylic acids is 2. The van der Waals surface area contributed by atoms with Crippen LogP contribution in [0.15, 0.2) is 24.3 Å². The maximum absolute atomic E-state index is 13.3. The summed E-state index contributed by atoms with van der Waals surface area (Å²) in [5.41, 5.74) is 0.297. The number of hydrogen-bond acceptors (Lipinski definition) is 2. The quantitative estimate of drug-likeness (QED) is 0.844. The van der Waals surface area contributed by atoms with E-state index in [0.717, 1.165) is 30.6 Å². The van der Waals surface area contributed by atoms with Crippen LogP contribution in [0, 0.1) is 11.7 Å². The first-order chi connectivity index (χ1) is 9.66. The predicted molar refractivity (Wildman–Crippen MR) is 72.8 cm³/mol. The van der Waals surface area contributed by atoms with E-state index >= 15 is 0 Å². The van der Waals surface area contributed by atoms with Gasteiger partial charge in [0.05, 0.1) is 5.69 Å². The van der Waals surface area contributed by atoms with Crippen LogP contribution in [0.1, 0.15) is 32.1 Å². The van der Waals surface area contributed by atoms with E-state index < -0.39 is 17.9 Å². The van der Waals surface area contributed by atoms with E-state index in [9.17, 15) is 14.0 Å². The molecule has 1 aliphatic heterocycles. The molecular weight excluding hydrogens is 259 g/mol. The largest absolute Gasteiger partial charge is 0.329 e. The second-order valence-electron chi connectivity index (χ2n) is 5.48. The maximum Gasteiger partial charge on any atom is 0.329 e. The van der Waals surface area contributed by atoms with Gasteiger partial charge in [0.1, 0.15) is 11.9 Å². The summed E-state index contributed by atoms with van der Waals surface area (Å²) in [6.45, 7) is 0. The summed E-state index contributed by atoms with van der Waals surface area (Å²) < 4.78 is 13.3. The Hall–Kier alpha value is -1.91. The number of carbonyl (C=O) groups is 2. The molecule has 1 atom stereocenters. The molecule has 3 amide bonds. The Morgan fingerprint density at radius 1 is 1.15 bits per heavy atom. The fraction of sp³-hybridized carbons (Fsp3) is 0.467. The van der Waals surface area contributed by atoms with E-state index in [1.165, 1.54) is 24.6 Å². The van der Waals surface area contributed by atoms with E-state index in [2.05, 4.69) is 5.32 Å². The van der Waals surface area contributed by atoms with Gasteiger partial charge in [0.2, 0.25) is 0 Å². The topological polar surface area (TPSA) is 49.4 Å². The molecule has 1 heterocycles. The van der Waals surface area contributed by atoms with Gasteiger partial charge >= 0.3 is 6.03 Å². The average Bonchev–Trinajstić information content (AvgIpc) is 2.75. The minimum Gasteiger partial charge on any atom is -0.325 e. The minimum atomic E-state index is -0.454. The standard InChI is InChI=1S/C15H17FN2O2/c16-11-7-4-8-12(9-11)18-14(19)13(17-15(18)20)10-5-2-1-3-6-10/h4,7-10,13H,1-3,5-6H2,(H,17,20). The highest BCUT2D eigenvalue weighted by molar-refractivity contribution is 6.21. The number of hydrogen-bond donors (Lipinski definition) is 1. The molecule has 1 aromatic rings. The highest BCUT2D eigenvalue weighted by Gasteiger charge is 2.43. The minimum absolute atomic E-state index is 0.207. The Balaban J connectivity index is 1.83. The second kappa shape index (κ2) is 5.23. The molecule has 0 spiro atoms. The van der Waals surface area contributed by atoms with Crippen molar-refractivity contribution in [3.8, 4) is 0 Å². The molecular formula is C15H17FN2O2. The number of halogens is 1. The van der Waals surface area contributed by atoms with Crippen LogP contribution in [-0.4, -0.2) is 18.0 Å². The number of urea groups is 1. The Kier molecular flexibility index (Phi) is 3.42. The lowest BCUT2D eigenvalue weighted by molar-refractivity contribution is -0.119. The van der Waals surface area contributed by atoms with Crippen molar-refractivity contribution in [2.75, 3.05) is 4.90 Å². The average molecular weight is 276 g/mol. The maximum atomic E-state index is 13.3. The van der Waals surface area contributed by atoms with Gasteiger partial charge in [-0.2, -0.15) is 0 Å². The van der Waals surface area contributed by atoms with Gasteiger partial charge in [-0.25, -0.2) is 14.1 Å². The van der Waals surface area contributed by atoms with Crippen molar-refractivity contribution in [2.45, 2.75) is 38.1 Å². The number of nitrogens with one attached hydrogen (secondary N) is 1. The molecule has 1 aliphatic carbocycles. The van der Waals surface area contributed by atoms with Crippen LogP contribution in [0.25, 0.3) is 0 Å². The zero-order valence-electron chi connectivity index (χ0n) is 11.1. The third-order valence-corrected chi connectivity index (χ3v) is 4.16. The fourth-order valence-electron chi connectivity index (χ4n) is 3.15.